The average molecular weight is 415 g/mol. The Hall–Kier alpha value is -2.47. The van der Waals surface area contributed by atoms with Crippen LogP contribution in [0.1, 0.15) is 10.6 Å². The van der Waals surface area contributed by atoms with Gasteiger partial charge in [0.05, 0.1) is 17.3 Å². The Morgan fingerprint density at radius 3 is 2.58 bits per heavy atom. The lowest BCUT2D eigenvalue weighted by atomic mass is 10.2. The summed E-state index contributed by atoms with van der Waals surface area (Å²) in [6, 6.07) is 15.6. The van der Waals surface area contributed by atoms with Crippen LogP contribution in [0.3, 0.4) is 0 Å². The molecule has 0 saturated carbocycles. The smallest absolute Gasteiger partial charge is 0.289 e. The highest BCUT2D eigenvalue weighted by Gasteiger charge is 2.26. The summed E-state index contributed by atoms with van der Waals surface area (Å²) in [5.41, 5.74) is 1.78. The molecule has 3 aromatic rings. The fraction of sp³-hybridized carbons (Fsp3) is 0.250. The molecule has 0 atom stereocenters. The normalized spacial score (nSPS) is 14.7. The number of ether oxygens (including phenoxy) is 1. The van der Waals surface area contributed by atoms with Crippen molar-refractivity contribution in [1.29, 1.82) is 0 Å². The van der Waals surface area contributed by atoms with Crippen molar-refractivity contribution >= 4 is 38.5 Å². The van der Waals surface area contributed by atoms with Crippen LogP contribution in [0.5, 0.6) is 5.75 Å². The maximum absolute atomic E-state index is 12.8. The van der Waals surface area contributed by atoms with Crippen LogP contribution in [0.4, 0.5) is 5.69 Å². The zero-order valence-electron chi connectivity index (χ0n) is 14.4. The second-order valence-corrected chi connectivity index (χ2v) is 7.07. The van der Waals surface area contributed by atoms with Crippen molar-refractivity contribution in [3.05, 3.63) is 58.8 Å². The Bertz CT molecular complexity index is 945. The van der Waals surface area contributed by atoms with Gasteiger partial charge in [-0.05, 0) is 40.2 Å². The fourth-order valence-electron chi connectivity index (χ4n) is 3.33. The first-order valence-corrected chi connectivity index (χ1v) is 9.32. The third-order valence-electron chi connectivity index (χ3n) is 4.70. The minimum atomic E-state index is -0.0622. The van der Waals surface area contributed by atoms with Gasteiger partial charge in [-0.3, -0.25) is 4.79 Å². The molecule has 0 unspecified atom stereocenters. The average Bonchev–Trinajstić information content (AvgIpc) is 3.13. The van der Waals surface area contributed by atoms with E-state index < -0.39 is 0 Å². The molecule has 0 aliphatic carbocycles. The maximum Gasteiger partial charge on any atom is 0.289 e. The quantitative estimate of drug-likeness (QED) is 0.645. The molecule has 26 heavy (non-hydrogen) atoms. The number of nitrogens with zero attached hydrogens (tertiary/aromatic N) is 2. The van der Waals surface area contributed by atoms with E-state index in [0.29, 0.717) is 24.4 Å². The van der Waals surface area contributed by atoms with Gasteiger partial charge in [0.25, 0.3) is 5.91 Å². The van der Waals surface area contributed by atoms with Crippen molar-refractivity contribution in [2.75, 3.05) is 38.2 Å². The number of hydrogen-bond acceptors (Lipinski definition) is 4. The summed E-state index contributed by atoms with van der Waals surface area (Å²) < 4.78 is 12.1. The van der Waals surface area contributed by atoms with Gasteiger partial charge in [0.1, 0.15) is 11.3 Å². The molecule has 1 fully saturated rings. The van der Waals surface area contributed by atoms with E-state index in [9.17, 15) is 4.79 Å². The minimum Gasteiger partial charge on any atom is -0.495 e. The standard InChI is InChI=1S/C20H19BrN2O3/c1-25-17-8-3-2-7-16(17)22-9-11-23(12-10-22)20(24)18-13-14-5-4-6-15(21)19(14)26-18/h2-8,13H,9-12H2,1H3. The Morgan fingerprint density at radius 1 is 1.08 bits per heavy atom. The Morgan fingerprint density at radius 2 is 1.85 bits per heavy atom. The zero-order chi connectivity index (χ0) is 18.1. The number of amides is 1. The van der Waals surface area contributed by atoms with E-state index in [1.807, 2.05) is 53.4 Å². The second-order valence-electron chi connectivity index (χ2n) is 6.22. The van der Waals surface area contributed by atoms with Crippen LogP contribution in [0, 0.1) is 0 Å². The number of fused-ring (bicyclic) bond motifs is 1. The molecule has 0 radical (unpaired) electrons. The summed E-state index contributed by atoms with van der Waals surface area (Å²) in [7, 11) is 1.68. The molecular weight excluding hydrogens is 396 g/mol. The van der Waals surface area contributed by atoms with Crippen LogP contribution < -0.4 is 9.64 Å². The van der Waals surface area contributed by atoms with Gasteiger partial charge in [0.2, 0.25) is 0 Å². The molecule has 1 aromatic heterocycles. The number of halogens is 1. The van der Waals surface area contributed by atoms with Crippen molar-refractivity contribution in [2.45, 2.75) is 0 Å². The number of furan rings is 1. The summed E-state index contributed by atoms with van der Waals surface area (Å²) in [6.07, 6.45) is 0. The highest BCUT2D eigenvalue weighted by atomic mass is 79.9. The molecule has 6 heteroatoms. The first-order valence-electron chi connectivity index (χ1n) is 8.52. The predicted molar refractivity (Wildman–Crippen MR) is 105 cm³/mol. The minimum absolute atomic E-state index is 0.0622. The zero-order valence-corrected chi connectivity index (χ0v) is 16.0. The number of anilines is 1. The van der Waals surface area contributed by atoms with Crippen LogP contribution in [-0.2, 0) is 0 Å². The number of carbonyl (C=O) groups is 1. The SMILES string of the molecule is COc1ccccc1N1CCN(C(=O)c2cc3cccc(Br)c3o2)CC1. The fourth-order valence-corrected chi connectivity index (χ4v) is 3.79. The maximum atomic E-state index is 12.8. The molecule has 2 heterocycles. The monoisotopic (exact) mass is 414 g/mol. The van der Waals surface area contributed by atoms with Gasteiger partial charge in [-0.15, -0.1) is 0 Å². The Balaban J connectivity index is 1.48. The highest BCUT2D eigenvalue weighted by Crippen LogP contribution is 2.30. The van der Waals surface area contributed by atoms with E-state index in [1.54, 1.807) is 7.11 Å². The van der Waals surface area contributed by atoms with Crippen LogP contribution >= 0.6 is 15.9 Å². The predicted octanol–water partition coefficient (Wildman–Crippen LogP) is 4.17. The van der Waals surface area contributed by atoms with Gasteiger partial charge >= 0.3 is 0 Å². The molecule has 2 aromatic carbocycles. The molecule has 1 saturated heterocycles. The van der Waals surface area contributed by atoms with Crippen molar-refractivity contribution in [1.82, 2.24) is 4.90 Å². The summed E-state index contributed by atoms with van der Waals surface area (Å²) in [5, 5.41) is 0.926. The van der Waals surface area contributed by atoms with Crippen molar-refractivity contribution in [2.24, 2.45) is 0 Å². The van der Waals surface area contributed by atoms with Crippen LogP contribution in [0.15, 0.2) is 57.4 Å². The molecule has 1 aliphatic rings. The highest BCUT2D eigenvalue weighted by molar-refractivity contribution is 9.10. The van der Waals surface area contributed by atoms with E-state index in [-0.39, 0.29) is 5.91 Å². The number of rotatable bonds is 3. The van der Waals surface area contributed by atoms with Gasteiger partial charge < -0.3 is 19.0 Å². The molecule has 1 amide bonds. The molecule has 4 rings (SSSR count). The molecule has 1 aliphatic heterocycles. The lowest BCUT2D eigenvalue weighted by Crippen LogP contribution is -2.48. The van der Waals surface area contributed by atoms with Crippen LogP contribution in [0.2, 0.25) is 0 Å². The number of carbonyl (C=O) groups excluding carboxylic acids is 1. The second kappa shape index (κ2) is 7.03. The van der Waals surface area contributed by atoms with Crippen LogP contribution in [-0.4, -0.2) is 44.1 Å². The Labute approximate surface area is 160 Å². The molecule has 134 valence electrons. The third-order valence-corrected chi connectivity index (χ3v) is 5.32. The number of hydrogen-bond donors (Lipinski definition) is 0. The van der Waals surface area contributed by atoms with Gasteiger partial charge in [0.15, 0.2) is 5.76 Å². The lowest BCUT2D eigenvalue weighted by Gasteiger charge is -2.36. The largest absolute Gasteiger partial charge is 0.495 e. The first-order chi connectivity index (χ1) is 12.7. The van der Waals surface area contributed by atoms with E-state index in [4.69, 9.17) is 9.15 Å². The molecule has 0 bridgehead atoms. The van der Waals surface area contributed by atoms with E-state index in [0.717, 1.165) is 34.4 Å². The Kier molecular flexibility index (Phi) is 4.59. The van der Waals surface area contributed by atoms with Crippen molar-refractivity contribution in [3.63, 3.8) is 0 Å². The van der Waals surface area contributed by atoms with E-state index >= 15 is 0 Å². The molecule has 0 N–H and O–H groups in total. The van der Waals surface area contributed by atoms with Crippen molar-refractivity contribution < 1.29 is 13.9 Å². The lowest BCUT2D eigenvalue weighted by molar-refractivity contribution is 0.0717. The molecule has 0 spiro atoms. The van der Waals surface area contributed by atoms with Gasteiger partial charge in [-0.2, -0.15) is 0 Å². The first kappa shape index (κ1) is 17.0. The summed E-state index contributed by atoms with van der Waals surface area (Å²) in [4.78, 5) is 16.9. The summed E-state index contributed by atoms with van der Waals surface area (Å²) >= 11 is 3.47. The summed E-state index contributed by atoms with van der Waals surface area (Å²) in [5.74, 6) is 1.18. The third kappa shape index (κ3) is 3.05. The molecule has 5 nitrogen and oxygen atoms in total. The van der Waals surface area contributed by atoms with Gasteiger partial charge in [-0.25, -0.2) is 0 Å². The van der Waals surface area contributed by atoms with E-state index in [2.05, 4.69) is 20.8 Å². The topological polar surface area (TPSA) is 45.9 Å². The van der Waals surface area contributed by atoms with Crippen LogP contribution in [0.25, 0.3) is 11.0 Å². The number of methoxy groups -OCH3 is 1. The number of para-hydroxylation sites is 3. The van der Waals surface area contributed by atoms with Crippen molar-refractivity contribution in [3.8, 4) is 5.75 Å². The molecular formula is C20H19BrN2O3. The number of benzene rings is 2. The van der Waals surface area contributed by atoms with Gasteiger partial charge in [-0.1, -0.05) is 24.3 Å². The summed E-state index contributed by atoms with van der Waals surface area (Å²) in [6.45, 7) is 2.82. The van der Waals surface area contributed by atoms with E-state index in [1.165, 1.54) is 0 Å². The van der Waals surface area contributed by atoms with Gasteiger partial charge in [0, 0.05) is 31.6 Å². The number of piperazine rings is 1.